The van der Waals surface area contributed by atoms with Gasteiger partial charge in [0.05, 0.1) is 11.7 Å². The average molecular weight is 167 g/mol. The van der Waals surface area contributed by atoms with Gasteiger partial charge in [0.25, 0.3) is 0 Å². The Balaban J connectivity index is 2.66. The van der Waals surface area contributed by atoms with E-state index in [0.717, 1.165) is 5.69 Å². The third-order valence-corrected chi connectivity index (χ3v) is 1.71. The van der Waals surface area contributed by atoms with Crippen molar-refractivity contribution in [2.75, 3.05) is 13.7 Å². The minimum atomic E-state index is 0.101. The van der Waals surface area contributed by atoms with Gasteiger partial charge in [-0.1, -0.05) is 0 Å². The molecule has 0 aromatic carbocycles. The molecule has 1 rings (SSSR count). The lowest BCUT2D eigenvalue weighted by Crippen LogP contribution is -2.18. The third-order valence-electron chi connectivity index (χ3n) is 1.71. The standard InChI is InChI=1S/C8H13N3O/c1-9-7(2-5-12)8-6-10-3-4-11-8/h3-4,6-7,9,12H,2,5H2,1H3/t7-/m1/s1. The number of aliphatic hydroxyl groups excluding tert-OH is 1. The molecule has 1 aromatic heterocycles. The van der Waals surface area contributed by atoms with E-state index >= 15 is 0 Å². The van der Waals surface area contributed by atoms with Crippen LogP contribution in [0.1, 0.15) is 18.2 Å². The predicted molar refractivity (Wildman–Crippen MR) is 45.5 cm³/mol. The fourth-order valence-corrected chi connectivity index (χ4v) is 1.06. The van der Waals surface area contributed by atoms with E-state index in [9.17, 15) is 0 Å². The SMILES string of the molecule is CN[C@H](CCO)c1cnccn1. The van der Waals surface area contributed by atoms with Crippen molar-refractivity contribution < 1.29 is 5.11 Å². The lowest BCUT2D eigenvalue weighted by molar-refractivity contribution is 0.267. The molecule has 4 nitrogen and oxygen atoms in total. The molecule has 0 saturated heterocycles. The van der Waals surface area contributed by atoms with Crippen LogP contribution >= 0.6 is 0 Å². The second-order valence-electron chi connectivity index (χ2n) is 2.48. The van der Waals surface area contributed by atoms with E-state index in [1.165, 1.54) is 0 Å². The molecular formula is C8H13N3O. The van der Waals surface area contributed by atoms with E-state index in [2.05, 4.69) is 15.3 Å². The molecule has 1 aromatic rings. The maximum atomic E-state index is 8.74. The van der Waals surface area contributed by atoms with Crippen LogP contribution in [0.25, 0.3) is 0 Å². The molecule has 12 heavy (non-hydrogen) atoms. The Morgan fingerprint density at radius 2 is 2.42 bits per heavy atom. The topological polar surface area (TPSA) is 58.0 Å². The highest BCUT2D eigenvalue weighted by atomic mass is 16.3. The zero-order valence-electron chi connectivity index (χ0n) is 7.07. The highest BCUT2D eigenvalue weighted by molar-refractivity contribution is 5.01. The van der Waals surface area contributed by atoms with Crippen molar-refractivity contribution in [3.8, 4) is 0 Å². The van der Waals surface area contributed by atoms with Crippen LogP contribution in [0.15, 0.2) is 18.6 Å². The summed E-state index contributed by atoms with van der Waals surface area (Å²) in [6.07, 6.45) is 5.65. The quantitative estimate of drug-likeness (QED) is 0.668. The number of rotatable bonds is 4. The summed E-state index contributed by atoms with van der Waals surface area (Å²) in [7, 11) is 1.84. The molecule has 66 valence electrons. The van der Waals surface area contributed by atoms with Crippen LogP contribution in [0.3, 0.4) is 0 Å². The van der Waals surface area contributed by atoms with E-state index in [0.29, 0.717) is 6.42 Å². The molecule has 1 atom stereocenters. The minimum absolute atomic E-state index is 0.101. The zero-order chi connectivity index (χ0) is 8.81. The first-order valence-corrected chi connectivity index (χ1v) is 3.92. The summed E-state index contributed by atoms with van der Waals surface area (Å²) in [5.41, 5.74) is 0.869. The van der Waals surface area contributed by atoms with Crippen LogP contribution in [0, 0.1) is 0 Å². The van der Waals surface area contributed by atoms with Gasteiger partial charge in [0, 0.05) is 25.2 Å². The molecule has 0 spiro atoms. The lowest BCUT2D eigenvalue weighted by Gasteiger charge is -2.12. The second kappa shape index (κ2) is 4.79. The number of hydrogen-bond donors (Lipinski definition) is 2. The zero-order valence-corrected chi connectivity index (χ0v) is 7.07. The molecule has 0 unspecified atom stereocenters. The highest BCUT2D eigenvalue weighted by Crippen LogP contribution is 2.10. The molecule has 1 heterocycles. The van der Waals surface area contributed by atoms with Crippen LogP contribution in [-0.4, -0.2) is 28.7 Å². The Morgan fingerprint density at radius 1 is 1.58 bits per heavy atom. The second-order valence-corrected chi connectivity index (χ2v) is 2.48. The number of nitrogens with zero attached hydrogens (tertiary/aromatic N) is 2. The van der Waals surface area contributed by atoms with E-state index in [-0.39, 0.29) is 12.6 Å². The molecular weight excluding hydrogens is 154 g/mol. The van der Waals surface area contributed by atoms with Crippen LogP contribution < -0.4 is 5.32 Å². The van der Waals surface area contributed by atoms with E-state index in [1.807, 2.05) is 7.05 Å². The molecule has 0 aliphatic heterocycles. The van der Waals surface area contributed by atoms with Gasteiger partial charge < -0.3 is 10.4 Å². The first-order valence-electron chi connectivity index (χ1n) is 3.92. The maximum absolute atomic E-state index is 8.74. The number of nitrogens with one attached hydrogen (secondary N) is 1. The minimum Gasteiger partial charge on any atom is -0.396 e. The summed E-state index contributed by atoms with van der Waals surface area (Å²) in [5, 5.41) is 11.8. The summed E-state index contributed by atoms with van der Waals surface area (Å²) < 4.78 is 0. The van der Waals surface area contributed by atoms with Gasteiger partial charge in [0.15, 0.2) is 0 Å². The maximum Gasteiger partial charge on any atom is 0.0756 e. The van der Waals surface area contributed by atoms with Crippen LogP contribution in [0.5, 0.6) is 0 Å². The summed E-state index contributed by atoms with van der Waals surface area (Å²) in [5.74, 6) is 0. The van der Waals surface area contributed by atoms with Crippen molar-refractivity contribution in [1.29, 1.82) is 0 Å². The van der Waals surface area contributed by atoms with Crippen molar-refractivity contribution in [1.82, 2.24) is 15.3 Å². The van der Waals surface area contributed by atoms with Crippen LogP contribution in [0.4, 0.5) is 0 Å². The van der Waals surface area contributed by atoms with Crippen molar-refractivity contribution in [3.05, 3.63) is 24.3 Å². The number of aromatic nitrogens is 2. The molecule has 0 aliphatic carbocycles. The normalized spacial score (nSPS) is 12.8. The van der Waals surface area contributed by atoms with Crippen molar-refractivity contribution in [2.24, 2.45) is 0 Å². The molecule has 2 N–H and O–H groups in total. The summed E-state index contributed by atoms with van der Waals surface area (Å²) in [4.78, 5) is 8.08. The number of aliphatic hydroxyl groups is 1. The third kappa shape index (κ3) is 2.25. The van der Waals surface area contributed by atoms with Gasteiger partial charge in [-0.2, -0.15) is 0 Å². The molecule has 0 aliphatic rings. The Labute approximate surface area is 71.7 Å². The summed E-state index contributed by atoms with van der Waals surface area (Å²) >= 11 is 0. The molecule has 0 amide bonds. The Hall–Kier alpha value is -1.00. The smallest absolute Gasteiger partial charge is 0.0756 e. The average Bonchev–Trinajstić information content (AvgIpc) is 2.15. The Morgan fingerprint density at radius 3 is 2.92 bits per heavy atom. The van der Waals surface area contributed by atoms with Crippen molar-refractivity contribution in [3.63, 3.8) is 0 Å². The van der Waals surface area contributed by atoms with Crippen molar-refractivity contribution >= 4 is 0 Å². The molecule has 4 heteroatoms. The summed E-state index contributed by atoms with van der Waals surface area (Å²) in [6, 6.07) is 0.101. The van der Waals surface area contributed by atoms with Gasteiger partial charge in [-0.3, -0.25) is 9.97 Å². The largest absolute Gasteiger partial charge is 0.396 e. The van der Waals surface area contributed by atoms with E-state index in [1.54, 1.807) is 18.6 Å². The first kappa shape index (κ1) is 9.09. The van der Waals surface area contributed by atoms with E-state index in [4.69, 9.17) is 5.11 Å². The van der Waals surface area contributed by atoms with Crippen LogP contribution in [-0.2, 0) is 0 Å². The van der Waals surface area contributed by atoms with Gasteiger partial charge in [-0.25, -0.2) is 0 Å². The fraction of sp³-hybridized carbons (Fsp3) is 0.500. The van der Waals surface area contributed by atoms with Gasteiger partial charge in [0.1, 0.15) is 0 Å². The Bertz CT molecular complexity index is 215. The van der Waals surface area contributed by atoms with Gasteiger partial charge in [0.2, 0.25) is 0 Å². The van der Waals surface area contributed by atoms with E-state index < -0.39 is 0 Å². The fourth-order valence-electron chi connectivity index (χ4n) is 1.06. The number of hydrogen-bond acceptors (Lipinski definition) is 4. The van der Waals surface area contributed by atoms with Crippen LogP contribution in [0.2, 0.25) is 0 Å². The molecule has 0 radical (unpaired) electrons. The first-order chi connectivity index (χ1) is 5.88. The molecule has 0 bridgehead atoms. The molecule has 0 saturated carbocycles. The highest BCUT2D eigenvalue weighted by Gasteiger charge is 2.08. The van der Waals surface area contributed by atoms with Gasteiger partial charge >= 0.3 is 0 Å². The summed E-state index contributed by atoms with van der Waals surface area (Å²) in [6.45, 7) is 0.155. The van der Waals surface area contributed by atoms with Gasteiger partial charge in [-0.15, -0.1) is 0 Å². The molecule has 0 fully saturated rings. The Kier molecular flexibility index (Phi) is 3.63. The lowest BCUT2D eigenvalue weighted by atomic mass is 10.1. The van der Waals surface area contributed by atoms with Gasteiger partial charge in [-0.05, 0) is 13.5 Å². The monoisotopic (exact) mass is 167 g/mol. The predicted octanol–water partition coefficient (Wildman–Crippen LogP) is 0.119. The van der Waals surface area contributed by atoms with Crippen molar-refractivity contribution in [2.45, 2.75) is 12.5 Å².